The first kappa shape index (κ1) is 41.2. The molecule has 0 aliphatic carbocycles. The molecule has 0 saturated carbocycles. The highest BCUT2D eigenvalue weighted by atomic mass is 28.4. The summed E-state index contributed by atoms with van der Waals surface area (Å²) in [4.78, 5) is 43.3. The number of carbonyl (C=O) groups is 2. The fourth-order valence-electron chi connectivity index (χ4n) is 5.33. The van der Waals surface area contributed by atoms with Crippen LogP contribution in [-0.2, 0) is 28.3 Å². The highest BCUT2D eigenvalue weighted by Crippen LogP contribution is 2.43. The van der Waals surface area contributed by atoms with Gasteiger partial charge >= 0.3 is 5.69 Å². The third-order valence-corrected chi connectivity index (χ3v) is 13.4. The van der Waals surface area contributed by atoms with Crippen LogP contribution in [0.15, 0.2) is 23.8 Å². The minimum atomic E-state index is -2.32. The van der Waals surface area contributed by atoms with E-state index in [2.05, 4.69) is 33.9 Å². The molecule has 12 nitrogen and oxygen atoms in total. The van der Waals surface area contributed by atoms with Crippen LogP contribution in [0.4, 0.5) is 5.69 Å². The number of nitro benzene ring substituents is 1. The summed E-state index contributed by atoms with van der Waals surface area (Å²) >= 11 is 0. The average molecular weight is 669 g/mol. The number of nitrogens with zero attached hydrogens (tertiary/aromatic N) is 2. The van der Waals surface area contributed by atoms with Gasteiger partial charge in [0.2, 0.25) is 5.75 Å². The normalized spacial score (nSPS) is 16.5. The maximum Gasteiger partial charge on any atom is 0.315 e. The van der Waals surface area contributed by atoms with Gasteiger partial charge in [0, 0.05) is 39.2 Å². The zero-order chi connectivity index (χ0) is 35.7. The molecule has 0 bridgehead atoms. The molecule has 0 unspecified atom stereocenters. The number of carbonyl (C=O) groups excluding carboxylic acids is 2. The monoisotopic (exact) mass is 668 g/mol. The number of amides is 1. The van der Waals surface area contributed by atoms with E-state index in [1.54, 1.807) is 13.1 Å². The molecule has 0 spiro atoms. The van der Waals surface area contributed by atoms with E-state index in [-0.39, 0.29) is 46.3 Å². The van der Waals surface area contributed by atoms with E-state index in [4.69, 9.17) is 28.2 Å². The second kappa shape index (κ2) is 17.3. The van der Waals surface area contributed by atoms with Gasteiger partial charge in [-0.05, 0) is 42.6 Å². The molecule has 0 saturated heterocycles. The fourth-order valence-corrected chi connectivity index (χ4v) is 6.71. The number of nitro groups is 1. The van der Waals surface area contributed by atoms with Crippen LogP contribution < -0.4 is 9.47 Å². The molecule has 0 aromatic heterocycles. The van der Waals surface area contributed by atoms with Gasteiger partial charge in [0.15, 0.2) is 14.1 Å². The van der Waals surface area contributed by atoms with Crippen LogP contribution in [0.1, 0.15) is 66.6 Å². The molecule has 13 heteroatoms. The van der Waals surface area contributed by atoms with Crippen molar-refractivity contribution in [3.05, 3.63) is 39.5 Å². The van der Waals surface area contributed by atoms with Crippen molar-refractivity contribution in [2.45, 2.75) is 91.3 Å². The molecule has 0 radical (unpaired) electrons. The highest BCUT2D eigenvalue weighted by Gasteiger charge is 2.42. The van der Waals surface area contributed by atoms with E-state index in [1.165, 1.54) is 46.7 Å². The Morgan fingerprint density at radius 1 is 1.00 bits per heavy atom. The molecule has 1 aromatic rings. The Hall–Kier alpha value is -2.84. The molecule has 0 fully saturated rings. The molecule has 0 heterocycles. The van der Waals surface area contributed by atoms with E-state index >= 15 is 0 Å². The predicted octanol–water partition coefficient (Wildman–Crippen LogP) is 6.54. The number of ketones is 1. The van der Waals surface area contributed by atoms with E-state index < -0.39 is 43.4 Å². The van der Waals surface area contributed by atoms with Crippen molar-refractivity contribution in [1.82, 2.24) is 5.06 Å². The minimum Gasteiger partial charge on any atom is -0.496 e. The number of Topliss-reactive ketones (excluding diaryl/α,β-unsaturated/α-hetero) is 1. The maximum atomic E-state index is 13.7. The first-order valence-corrected chi connectivity index (χ1v) is 18.3. The molecule has 1 amide bonds. The van der Waals surface area contributed by atoms with Crippen LogP contribution in [0.5, 0.6) is 11.5 Å². The van der Waals surface area contributed by atoms with Crippen LogP contribution >= 0.6 is 0 Å². The summed E-state index contributed by atoms with van der Waals surface area (Å²) in [5.41, 5.74) is 0.952. The number of rotatable bonds is 18. The molecule has 0 aliphatic rings. The average Bonchev–Trinajstić information content (AvgIpc) is 2.98. The summed E-state index contributed by atoms with van der Waals surface area (Å²) in [7, 11) is 6.42. The summed E-state index contributed by atoms with van der Waals surface area (Å²) in [6.45, 7) is 18.1. The minimum absolute atomic E-state index is 0.0442. The summed E-state index contributed by atoms with van der Waals surface area (Å²) < 4.78 is 29.0. The Kier molecular flexibility index (Phi) is 15.5. The van der Waals surface area contributed by atoms with Gasteiger partial charge in [0.1, 0.15) is 11.9 Å². The van der Waals surface area contributed by atoms with Crippen LogP contribution in [0.2, 0.25) is 18.1 Å². The highest BCUT2D eigenvalue weighted by molar-refractivity contribution is 6.74. The summed E-state index contributed by atoms with van der Waals surface area (Å²) in [5, 5.41) is 12.9. The van der Waals surface area contributed by atoms with Gasteiger partial charge in [-0.25, -0.2) is 5.06 Å². The van der Waals surface area contributed by atoms with E-state index in [0.717, 1.165) is 5.57 Å². The van der Waals surface area contributed by atoms with Crippen molar-refractivity contribution in [2.75, 3.05) is 42.6 Å². The Labute approximate surface area is 275 Å². The largest absolute Gasteiger partial charge is 0.496 e. The number of hydrogen-bond acceptors (Lipinski definition) is 10. The zero-order valence-electron chi connectivity index (χ0n) is 30.4. The number of benzene rings is 1. The first-order chi connectivity index (χ1) is 21.2. The van der Waals surface area contributed by atoms with Crippen molar-refractivity contribution in [3.8, 4) is 11.5 Å². The van der Waals surface area contributed by atoms with Crippen LogP contribution in [0.25, 0.3) is 0 Å². The van der Waals surface area contributed by atoms with Crippen molar-refractivity contribution >= 4 is 25.7 Å². The van der Waals surface area contributed by atoms with Crippen LogP contribution in [0, 0.1) is 27.9 Å². The van der Waals surface area contributed by atoms with Crippen molar-refractivity contribution in [3.63, 3.8) is 0 Å². The lowest BCUT2D eigenvalue weighted by Gasteiger charge is -2.41. The summed E-state index contributed by atoms with van der Waals surface area (Å²) in [5.74, 6) is -1.41. The third-order valence-electron chi connectivity index (χ3n) is 8.99. The molecule has 262 valence electrons. The number of hydroxylamine groups is 2. The summed E-state index contributed by atoms with van der Waals surface area (Å²) in [6, 6.07) is 2.90. The Balaban J connectivity index is 3.43. The lowest BCUT2D eigenvalue weighted by atomic mass is 9.87. The van der Waals surface area contributed by atoms with E-state index in [9.17, 15) is 19.7 Å². The lowest BCUT2D eigenvalue weighted by molar-refractivity contribution is -0.385. The van der Waals surface area contributed by atoms with Gasteiger partial charge in [-0.15, -0.1) is 0 Å². The number of ether oxygens (including phenoxy) is 4. The van der Waals surface area contributed by atoms with Crippen LogP contribution in [0.3, 0.4) is 0 Å². The van der Waals surface area contributed by atoms with Gasteiger partial charge in [-0.1, -0.05) is 47.6 Å². The maximum absolute atomic E-state index is 13.7. The van der Waals surface area contributed by atoms with Gasteiger partial charge in [0.05, 0.1) is 50.4 Å². The quantitative estimate of drug-likeness (QED) is 0.0734. The number of hydrogen-bond donors (Lipinski definition) is 0. The fraction of sp³-hybridized carbons (Fsp3) is 0.697. The predicted molar refractivity (Wildman–Crippen MR) is 179 cm³/mol. The van der Waals surface area contributed by atoms with Gasteiger partial charge in [-0.2, -0.15) is 0 Å². The Morgan fingerprint density at radius 3 is 2.02 bits per heavy atom. The standard InChI is InChI=1S/C33H56N2O10Si/c1-20(28(23(4)32(37)34(8)44-13)45-46(14,15)33(5,6)7)16-21(2)30(42-11)27(36)17-22(3)29(41-10)25-18-24(40-9)19-26(35(38)39)31(25)43-12/h16,18-19,21-23,28-30H,17H2,1-15H3/b20-16+/t21-,22-,23+,28-,29+,30+/m0/s1. The molecule has 0 aliphatic heterocycles. The molecule has 46 heavy (non-hydrogen) atoms. The lowest BCUT2D eigenvalue weighted by Crippen LogP contribution is -2.48. The Bertz CT molecular complexity index is 1230. The first-order valence-electron chi connectivity index (χ1n) is 15.4. The molecular formula is C33H56N2O10Si. The number of methoxy groups -OCH3 is 4. The summed E-state index contributed by atoms with van der Waals surface area (Å²) in [6.07, 6.45) is -0.0794. The van der Waals surface area contributed by atoms with E-state index in [1.807, 2.05) is 33.8 Å². The Morgan fingerprint density at radius 2 is 1.59 bits per heavy atom. The second-order valence-electron chi connectivity index (χ2n) is 13.4. The SMILES string of the molecule is COc1cc([C@H](OC)[C@@H](C)CC(=O)[C@H](OC)[C@@H](C)/C=C(\C)[C@H](O[Si](C)(C)C(C)(C)C)[C@@H](C)C(=O)N(C)OC)c(OC)c([N+](=O)[O-])c1. The molecule has 6 atom stereocenters. The molecule has 0 N–H and O–H groups in total. The smallest absolute Gasteiger partial charge is 0.315 e. The van der Waals surface area contributed by atoms with Crippen molar-refractivity contribution in [2.24, 2.45) is 17.8 Å². The third kappa shape index (κ3) is 10.1. The van der Waals surface area contributed by atoms with Gasteiger partial charge in [-0.3, -0.25) is 24.5 Å². The molecule has 1 rings (SSSR count). The van der Waals surface area contributed by atoms with Crippen LogP contribution in [-0.4, -0.2) is 84.8 Å². The van der Waals surface area contributed by atoms with Crippen molar-refractivity contribution < 1.29 is 42.7 Å². The van der Waals surface area contributed by atoms with Gasteiger partial charge in [0.25, 0.3) is 5.91 Å². The van der Waals surface area contributed by atoms with Gasteiger partial charge < -0.3 is 23.4 Å². The molecular weight excluding hydrogens is 612 g/mol. The second-order valence-corrected chi connectivity index (χ2v) is 18.1. The molecule has 1 aromatic carbocycles. The zero-order valence-corrected chi connectivity index (χ0v) is 31.4. The van der Waals surface area contributed by atoms with E-state index in [0.29, 0.717) is 5.56 Å². The topological polar surface area (TPSA) is 136 Å². The van der Waals surface area contributed by atoms with Crippen molar-refractivity contribution in [1.29, 1.82) is 0 Å².